The summed E-state index contributed by atoms with van der Waals surface area (Å²) in [4.78, 5) is 30.9. The number of benzene rings is 2. The Labute approximate surface area is 218 Å². The van der Waals surface area contributed by atoms with Gasteiger partial charge in [-0.1, -0.05) is 0 Å². The van der Waals surface area contributed by atoms with Crippen LogP contribution in [0.2, 0.25) is 0 Å². The summed E-state index contributed by atoms with van der Waals surface area (Å²) in [5.41, 5.74) is 6.69. The van der Waals surface area contributed by atoms with Crippen molar-refractivity contribution >= 4 is 55.7 Å². The van der Waals surface area contributed by atoms with Crippen LogP contribution in [-0.2, 0) is 7.05 Å². The number of hydrogen-bond donors (Lipinski definition) is 2. The fourth-order valence-electron chi connectivity index (χ4n) is 4.77. The molecule has 0 aliphatic carbocycles. The van der Waals surface area contributed by atoms with Crippen molar-refractivity contribution < 1.29 is 4.79 Å². The van der Waals surface area contributed by atoms with Crippen LogP contribution in [0.4, 0.5) is 22.0 Å². The lowest BCUT2D eigenvalue weighted by molar-refractivity contribution is 0.125. The van der Waals surface area contributed by atoms with E-state index in [2.05, 4.69) is 55.6 Å². The standard InChI is InChI=1S/C26H27N9OS/c1-16-13-33(2)8-9-35(16)26(36)31-23-12-19-22(11-18(23)20-6-7-34(3)32-20)27-14-28-25(19)30-17-4-5-21-24(10-17)37-15-29-21/h4-7,10-12,14-16H,8-9,13H2,1-3H3,(H,31,36)(H,27,28,30)/t16-/m1/s1. The number of nitrogens with zero attached hydrogens (tertiary/aromatic N) is 7. The molecular formula is C26H27N9OS. The lowest BCUT2D eigenvalue weighted by Gasteiger charge is -2.38. The van der Waals surface area contributed by atoms with Crippen LogP contribution in [0.1, 0.15) is 6.92 Å². The van der Waals surface area contributed by atoms with Crippen LogP contribution in [0, 0.1) is 0 Å². The molecule has 0 spiro atoms. The molecule has 1 fully saturated rings. The number of amides is 2. The highest BCUT2D eigenvalue weighted by molar-refractivity contribution is 7.16. The molecule has 3 aromatic heterocycles. The third-order valence-electron chi connectivity index (χ3n) is 6.69. The Morgan fingerprint density at radius 2 is 1.95 bits per heavy atom. The van der Waals surface area contributed by atoms with Gasteiger partial charge in [-0.25, -0.2) is 19.7 Å². The van der Waals surface area contributed by atoms with Gasteiger partial charge < -0.3 is 20.4 Å². The number of rotatable bonds is 4. The van der Waals surface area contributed by atoms with Crippen molar-refractivity contribution in [1.29, 1.82) is 0 Å². The van der Waals surface area contributed by atoms with Gasteiger partial charge in [0.1, 0.15) is 12.1 Å². The molecule has 188 valence electrons. The second-order valence-electron chi connectivity index (χ2n) is 9.41. The van der Waals surface area contributed by atoms with Gasteiger partial charge in [-0.05, 0) is 50.4 Å². The summed E-state index contributed by atoms with van der Waals surface area (Å²) in [6.45, 7) is 4.43. The summed E-state index contributed by atoms with van der Waals surface area (Å²) in [7, 11) is 3.95. The van der Waals surface area contributed by atoms with Gasteiger partial charge in [-0.3, -0.25) is 4.68 Å². The number of thiazole rings is 1. The minimum atomic E-state index is -0.126. The molecule has 2 N–H and O–H groups in total. The smallest absolute Gasteiger partial charge is 0.322 e. The zero-order valence-electron chi connectivity index (χ0n) is 20.8. The predicted octanol–water partition coefficient (Wildman–Crippen LogP) is 4.55. The Balaban J connectivity index is 1.40. The molecule has 0 radical (unpaired) electrons. The van der Waals surface area contributed by atoms with Crippen molar-refractivity contribution in [2.24, 2.45) is 7.05 Å². The summed E-state index contributed by atoms with van der Waals surface area (Å²) >= 11 is 1.59. The number of aryl methyl sites for hydroxylation is 1. The summed E-state index contributed by atoms with van der Waals surface area (Å²) in [6.07, 6.45) is 3.43. The number of aromatic nitrogens is 5. The first kappa shape index (κ1) is 23.3. The molecule has 5 aromatic rings. The van der Waals surface area contributed by atoms with Crippen LogP contribution in [0.15, 0.2) is 54.4 Å². The highest BCUT2D eigenvalue weighted by Gasteiger charge is 2.26. The molecule has 2 aromatic carbocycles. The number of likely N-dealkylation sites (N-methyl/N-ethyl adjacent to an activating group) is 1. The maximum Gasteiger partial charge on any atom is 0.322 e. The second kappa shape index (κ2) is 9.41. The average molecular weight is 514 g/mol. The fourth-order valence-corrected chi connectivity index (χ4v) is 5.49. The van der Waals surface area contributed by atoms with E-state index in [0.29, 0.717) is 18.1 Å². The Morgan fingerprint density at radius 1 is 1.05 bits per heavy atom. The van der Waals surface area contributed by atoms with E-state index < -0.39 is 0 Å². The third kappa shape index (κ3) is 4.58. The first-order valence-corrected chi connectivity index (χ1v) is 13.0. The first-order chi connectivity index (χ1) is 17.9. The molecule has 0 unspecified atom stereocenters. The number of piperazine rings is 1. The van der Waals surface area contributed by atoms with Crippen molar-refractivity contribution in [3.63, 3.8) is 0 Å². The van der Waals surface area contributed by atoms with E-state index in [0.717, 1.165) is 51.2 Å². The Hall–Kier alpha value is -4.09. The van der Waals surface area contributed by atoms with Crippen molar-refractivity contribution in [2.45, 2.75) is 13.0 Å². The number of carbonyl (C=O) groups is 1. The second-order valence-corrected chi connectivity index (χ2v) is 10.3. The number of urea groups is 1. The van der Waals surface area contributed by atoms with Crippen LogP contribution in [0.5, 0.6) is 0 Å². The van der Waals surface area contributed by atoms with Crippen LogP contribution >= 0.6 is 11.3 Å². The molecule has 1 saturated heterocycles. The topological polar surface area (TPSA) is 104 Å². The zero-order valence-corrected chi connectivity index (χ0v) is 21.7. The van der Waals surface area contributed by atoms with Gasteiger partial charge in [0.25, 0.3) is 0 Å². The van der Waals surface area contributed by atoms with Gasteiger partial charge in [0.05, 0.1) is 32.6 Å². The van der Waals surface area contributed by atoms with Crippen LogP contribution in [0.3, 0.4) is 0 Å². The Kier molecular flexibility index (Phi) is 5.93. The normalized spacial score (nSPS) is 16.4. The summed E-state index contributed by atoms with van der Waals surface area (Å²) in [5.74, 6) is 0.657. The molecular weight excluding hydrogens is 486 g/mol. The molecule has 1 aliphatic rings. The lowest BCUT2D eigenvalue weighted by Crippen LogP contribution is -2.54. The van der Waals surface area contributed by atoms with Crippen molar-refractivity contribution in [3.05, 3.63) is 54.4 Å². The SMILES string of the molecule is C[C@@H]1CN(C)CCN1C(=O)Nc1cc2c(Nc3ccc4ncsc4c3)ncnc2cc1-c1ccn(C)n1. The van der Waals surface area contributed by atoms with Crippen molar-refractivity contribution in [2.75, 3.05) is 37.3 Å². The molecule has 1 atom stereocenters. The molecule has 4 heterocycles. The van der Waals surface area contributed by atoms with E-state index in [9.17, 15) is 4.79 Å². The minimum absolute atomic E-state index is 0.111. The van der Waals surface area contributed by atoms with Crippen LogP contribution in [0.25, 0.3) is 32.4 Å². The molecule has 6 rings (SSSR count). The van der Waals surface area contributed by atoms with E-state index in [1.165, 1.54) is 0 Å². The van der Waals surface area contributed by atoms with Gasteiger partial charge in [-0.15, -0.1) is 11.3 Å². The van der Waals surface area contributed by atoms with Gasteiger partial charge in [0.2, 0.25) is 0 Å². The third-order valence-corrected chi connectivity index (χ3v) is 7.48. The number of anilines is 3. The number of carbonyl (C=O) groups excluding carboxylic acids is 1. The minimum Gasteiger partial charge on any atom is -0.340 e. The maximum atomic E-state index is 13.4. The van der Waals surface area contributed by atoms with Crippen molar-refractivity contribution in [1.82, 2.24) is 34.5 Å². The molecule has 10 nitrogen and oxygen atoms in total. The van der Waals surface area contributed by atoms with Crippen molar-refractivity contribution in [3.8, 4) is 11.3 Å². The van der Waals surface area contributed by atoms with Gasteiger partial charge in [0.15, 0.2) is 0 Å². The zero-order chi connectivity index (χ0) is 25.5. The first-order valence-electron chi connectivity index (χ1n) is 12.1. The van der Waals surface area contributed by atoms with Gasteiger partial charge in [0, 0.05) is 55.6 Å². The van der Waals surface area contributed by atoms with Crippen LogP contribution in [-0.4, -0.2) is 73.3 Å². The molecule has 0 bridgehead atoms. The van der Waals surface area contributed by atoms with E-state index in [4.69, 9.17) is 0 Å². The quantitative estimate of drug-likeness (QED) is 0.363. The summed E-state index contributed by atoms with van der Waals surface area (Å²) in [5, 5.41) is 12.0. The molecule has 37 heavy (non-hydrogen) atoms. The highest BCUT2D eigenvalue weighted by Crippen LogP contribution is 2.35. The van der Waals surface area contributed by atoms with E-state index >= 15 is 0 Å². The Morgan fingerprint density at radius 3 is 2.76 bits per heavy atom. The van der Waals surface area contributed by atoms with E-state index in [1.54, 1.807) is 22.3 Å². The van der Waals surface area contributed by atoms with Gasteiger partial charge in [-0.2, -0.15) is 5.10 Å². The predicted molar refractivity (Wildman–Crippen MR) is 147 cm³/mol. The Bertz CT molecular complexity index is 1610. The molecule has 0 saturated carbocycles. The average Bonchev–Trinajstić information content (AvgIpc) is 3.52. The number of fused-ring (bicyclic) bond motifs is 2. The molecule has 11 heteroatoms. The fraction of sp³-hybridized carbons (Fsp3) is 0.269. The monoisotopic (exact) mass is 513 g/mol. The largest absolute Gasteiger partial charge is 0.340 e. The summed E-state index contributed by atoms with van der Waals surface area (Å²) < 4.78 is 2.84. The molecule has 1 aliphatic heterocycles. The van der Waals surface area contributed by atoms with Gasteiger partial charge >= 0.3 is 6.03 Å². The van der Waals surface area contributed by atoms with E-state index in [1.807, 2.05) is 54.0 Å². The maximum absolute atomic E-state index is 13.4. The number of nitrogens with one attached hydrogen (secondary N) is 2. The molecule has 2 amide bonds. The number of hydrogen-bond acceptors (Lipinski definition) is 8. The van der Waals surface area contributed by atoms with Crippen LogP contribution < -0.4 is 10.6 Å². The summed E-state index contributed by atoms with van der Waals surface area (Å²) in [6, 6.07) is 11.8. The van der Waals surface area contributed by atoms with E-state index in [-0.39, 0.29) is 12.1 Å². The lowest BCUT2D eigenvalue weighted by atomic mass is 10.1. The highest BCUT2D eigenvalue weighted by atomic mass is 32.1.